The van der Waals surface area contributed by atoms with Crippen molar-refractivity contribution < 1.29 is 27.5 Å². The fourth-order valence-electron chi connectivity index (χ4n) is 2.05. The van der Waals surface area contributed by atoms with Gasteiger partial charge in [-0.05, 0) is 29.8 Å². The Balaban J connectivity index is 1.78. The number of rotatable bonds is 6. The van der Waals surface area contributed by atoms with Gasteiger partial charge >= 0.3 is 12.2 Å². The van der Waals surface area contributed by atoms with Gasteiger partial charge in [0.05, 0.1) is 17.9 Å². The lowest BCUT2D eigenvalue weighted by Gasteiger charge is -2.15. The number of halogens is 3. The monoisotopic (exact) mass is 342 g/mol. The zero-order valence-electron chi connectivity index (χ0n) is 12.6. The molecule has 0 aliphatic heterocycles. The molecule has 0 bridgehead atoms. The molecule has 24 heavy (non-hydrogen) atoms. The number of benzene rings is 1. The van der Waals surface area contributed by atoms with Crippen LogP contribution in [-0.2, 0) is 12.6 Å². The van der Waals surface area contributed by atoms with Gasteiger partial charge in [0.15, 0.2) is 0 Å². The Bertz CT molecular complexity index is 657. The minimum atomic E-state index is -4.48. The highest BCUT2D eigenvalue weighted by Gasteiger charge is 2.30. The molecule has 8 heteroatoms. The molecule has 0 aliphatic carbocycles. The Labute approximate surface area is 136 Å². The van der Waals surface area contributed by atoms with E-state index in [1.54, 1.807) is 12.1 Å². The number of nitrogens with one attached hydrogen (secondary N) is 2. The number of aliphatic hydroxyl groups excluding tert-OH is 1. The minimum absolute atomic E-state index is 0.0840. The van der Waals surface area contributed by atoms with E-state index in [0.29, 0.717) is 13.0 Å². The normalized spacial score (nSPS) is 12.7. The lowest BCUT2D eigenvalue weighted by Crippen LogP contribution is -2.38. The molecule has 1 aromatic carbocycles. The topological polar surface area (TPSA) is 74.5 Å². The van der Waals surface area contributed by atoms with E-state index in [9.17, 15) is 23.1 Å². The van der Waals surface area contributed by atoms with Gasteiger partial charge in [-0.1, -0.05) is 12.1 Å². The van der Waals surface area contributed by atoms with E-state index in [2.05, 4.69) is 10.6 Å². The van der Waals surface area contributed by atoms with Gasteiger partial charge in [-0.3, -0.25) is 0 Å². The van der Waals surface area contributed by atoms with Crippen LogP contribution >= 0.6 is 0 Å². The summed E-state index contributed by atoms with van der Waals surface area (Å²) in [5.74, 6) is 0.722. The summed E-state index contributed by atoms with van der Waals surface area (Å²) in [6.07, 6.45) is -3.67. The number of carbonyl (C=O) groups is 1. The molecule has 1 heterocycles. The largest absolute Gasteiger partial charge is 0.469 e. The summed E-state index contributed by atoms with van der Waals surface area (Å²) in [5.41, 5.74) is -0.761. The summed E-state index contributed by atoms with van der Waals surface area (Å²) >= 11 is 0. The zero-order valence-corrected chi connectivity index (χ0v) is 12.6. The second-order valence-electron chi connectivity index (χ2n) is 5.11. The van der Waals surface area contributed by atoms with Crippen molar-refractivity contribution in [3.63, 3.8) is 0 Å². The predicted octanol–water partition coefficient (Wildman–Crippen LogP) is 2.87. The number of amides is 2. The molecule has 1 unspecified atom stereocenters. The fraction of sp³-hybridized carbons (Fsp3) is 0.312. The second kappa shape index (κ2) is 7.87. The molecule has 2 rings (SSSR count). The fourth-order valence-corrected chi connectivity index (χ4v) is 2.05. The summed E-state index contributed by atoms with van der Waals surface area (Å²) in [5, 5.41) is 14.9. The van der Waals surface area contributed by atoms with Crippen molar-refractivity contribution in [2.75, 3.05) is 13.1 Å². The molecular formula is C16H17F3N2O3. The first-order valence-electron chi connectivity index (χ1n) is 7.25. The Morgan fingerprint density at radius 3 is 2.67 bits per heavy atom. The van der Waals surface area contributed by atoms with Crippen LogP contribution < -0.4 is 10.6 Å². The Morgan fingerprint density at radius 1 is 1.21 bits per heavy atom. The maximum Gasteiger partial charge on any atom is 0.416 e. The zero-order chi connectivity index (χ0) is 17.6. The molecule has 0 saturated carbocycles. The van der Waals surface area contributed by atoms with Gasteiger partial charge in [0.2, 0.25) is 0 Å². The molecule has 0 spiro atoms. The molecule has 0 saturated heterocycles. The number of alkyl halides is 3. The number of aliphatic hydroxyl groups is 1. The first kappa shape index (κ1) is 17.9. The Kier molecular flexibility index (Phi) is 5.86. The highest BCUT2D eigenvalue weighted by molar-refractivity contribution is 5.73. The van der Waals surface area contributed by atoms with Crippen LogP contribution in [0, 0.1) is 0 Å². The van der Waals surface area contributed by atoms with Crippen LogP contribution in [0.5, 0.6) is 0 Å². The SMILES string of the molecule is O=C(NCCc1ccco1)NCC(O)c1cccc(C(F)(F)F)c1. The molecule has 0 radical (unpaired) electrons. The molecular weight excluding hydrogens is 325 g/mol. The first-order chi connectivity index (χ1) is 11.4. The highest BCUT2D eigenvalue weighted by Crippen LogP contribution is 2.30. The van der Waals surface area contributed by atoms with E-state index in [4.69, 9.17) is 4.42 Å². The first-order valence-corrected chi connectivity index (χ1v) is 7.25. The molecule has 0 fully saturated rings. The third-order valence-corrected chi connectivity index (χ3v) is 3.29. The Hall–Kier alpha value is -2.48. The molecule has 1 aromatic heterocycles. The maximum absolute atomic E-state index is 12.6. The Morgan fingerprint density at radius 2 is 2.00 bits per heavy atom. The van der Waals surface area contributed by atoms with Gasteiger partial charge < -0.3 is 20.2 Å². The van der Waals surface area contributed by atoms with Crippen molar-refractivity contribution in [1.29, 1.82) is 0 Å². The second-order valence-corrected chi connectivity index (χ2v) is 5.11. The van der Waals surface area contributed by atoms with Crippen LogP contribution in [0.25, 0.3) is 0 Å². The summed E-state index contributed by atoms with van der Waals surface area (Å²) in [4.78, 5) is 11.6. The van der Waals surface area contributed by atoms with Gasteiger partial charge in [-0.15, -0.1) is 0 Å². The average Bonchev–Trinajstić information content (AvgIpc) is 3.05. The number of furan rings is 1. The average molecular weight is 342 g/mol. The van der Waals surface area contributed by atoms with Gasteiger partial charge in [0.1, 0.15) is 5.76 Å². The molecule has 3 N–H and O–H groups in total. The van der Waals surface area contributed by atoms with Gasteiger partial charge in [0.25, 0.3) is 0 Å². The lowest BCUT2D eigenvalue weighted by atomic mass is 10.1. The van der Waals surface area contributed by atoms with Crippen molar-refractivity contribution >= 4 is 6.03 Å². The molecule has 1 atom stereocenters. The molecule has 0 aliphatic rings. The van der Waals surface area contributed by atoms with Crippen molar-refractivity contribution in [3.05, 3.63) is 59.5 Å². The summed E-state index contributed by atoms with van der Waals surface area (Å²) in [6.45, 7) is 0.132. The van der Waals surface area contributed by atoms with Crippen molar-refractivity contribution in [2.45, 2.75) is 18.7 Å². The standard InChI is InChI=1S/C16H17F3N2O3/c17-16(18,19)12-4-1-3-11(9-12)14(22)10-21-15(23)20-7-6-13-5-2-8-24-13/h1-5,8-9,14,22H,6-7,10H2,(H2,20,21,23). The van der Waals surface area contributed by atoms with Crippen LogP contribution in [0.15, 0.2) is 47.1 Å². The minimum Gasteiger partial charge on any atom is -0.469 e. The lowest BCUT2D eigenvalue weighted by molar-refractivity contribution is -0.137. The summed E-state index contributed by atoms with van der Waals surface area (Å²) < 4.78 is 43.0. The van der Waals surface area contributed by atoms with Crippen LogP contribution in [0.2, 0.25) is 0 Å². The van der Waals surface area contributed by atoms with E-state index in [0.717, 1.165) is 17.9 Å². The van der Waals surface area contributed by atoms with Gasteiger partial charge in [0, 0.05) is 19.5 Å². The van der Waals surface area contributed by atoms with E-state index in [1.165, 1.54) is 18.4 Å². The van der Waals surface area contributed by atoms with E-state index in [1.807, 2.05) is 0 Å². The summed E-state index contributed by atoms with van der Waals surface area (Å²) in [6, 6.07) is 7.36. The number of urea groups is 1. The van der Waals surface area contributed by atoms with Crippen LogP contribution in [0.3, 0.4) is 0 Å². The van der Waals surface area contributed by atoms with E-state index >= 15 is 0 Å². The number of hydrogen-bond donors (Lipinski definition) is 3. The maximum atomic E-state index is 12.6. The smallest absolute Gasteiger partial charge is 0.416 e. The van der Waals surface area contributed by atoms with Crippen LogP contribution in [-0.4, -0.2) is 24.2 Å². The molecule has 130 valence electrons. The van der Waals surface area contributed by atoms with Gasteiger partial charge in [-0.2, -0.15) is 13.2 Å². The number of carbonyl (C=O) groups excluding carboxylic acids is 1. The van der Waals surface area contributed by atoms with Crippen molar-refractivity contribution in [2.24, 2.45) is 0 Å². The van der Waals surface area contributed by atoms with E-state index in [-0.39, 0.29) is 12.1 Å². The van der Waals surface area contributed by atoms with Crippen molar-refractivity contribution in [3.8, 4) is 0 Å². The van der Waals surface area contributed by atoms with Gasteiger partial charge in [-0.25, -0.2) is 4.79 Å². The third-order valence-electron chi connectivity index (χ3n) is 3.29. The van der Waals surface area contributed by atoms with Crippen LogP contribution in [0.4, 0.5) is 18.0 Å². The third kappa shape index (κ3) is 5.31. The molecule has 5 nitrogen and oxygen atoms in total. The quantitative estimate of drug-likeness (QED) is 0.756. The predicted molar refractivity (Wildman–Crippen MR) is 80.2 cm³/mol. The highest BCUT2D eigenvalue weighted by atomic mass is 19.4. The van der Waals surface area contributed by atoms with Crippen LogP contribution in [0.1, 0.15) is 23.0 Å². The molecule has 2 amide bonds. The van der Waals surface area contributed by atoms with Crippen molar-refractivity contribution in [1.82, 2.24) is 10.6 Å². The number of hydrogen-bond acceptors (Lipinski definition) is 3. The van der Waals surface area contributed by atoms with E-state index < -0.39 is 23.9 Å². The molecule has 2 aromatic rings. The summed E-state index contributed by atoms with van der Waals surface area (Å²) in [7, 11) is 0.